The highest BCUT2D eigenvalue weighted by molar-refractivity contribution is 6.00. The van der Waals surface area contributed by atoms with Gasteiger partial charge in [-0.25, -0.2) is 0 Å². The predicted octanol–water partition coefficient (Wildman–Crippen LogP) is 1.65. The van der Waals surface area contributed by atoms with Crippen molar-refractivity contribution in [1.29, 1.82) is 0 Å². The molecule has 1 atom stereocenters. The highest BCUT2D eigenvalue weighted by Gasteiger charge is 2.36. The fourth-order valence-corrected chi connectivity index (χ4v) is 2.89. The fourth-order valence-electron chi connectivity index (χ4n) is 2.89. The number of carbonyl (C=O) groups is 3. The van der Waals surface area contributed by atoms with E-state index in [2.05, 4.69) is 10.6 Å². The van der Waals surface area contributed by atoms with Crippen molar-refractivity contribution in [3.8, 4) is 5.75 Å². The van der Waals surface area contributed by atoms with Gasteiger partial charge in [0, 0.05) is 18.8 Å². The summed E-state index contributed by atoms with van der Waals surface area (Å²) < 4.78 is 10.5. The maximum absolute atomic E-state index is 12.6. The SMILES string of the molecule is CCOc1ccc(NC(=O)C[C@@H]2C(=O)NCCN2C(=O)c2ccco2)cc1. The maximum Gasteiger partial charge on any atom is 0.290 e. The summed E-state index contributed by atoms with van der Waals surface area (Å²) in [6.45, 7) is 3.09. The number of carbonyl (C=O) groups excluding carboxylic acids is 3. The Morgan fingerprint density at radius 3 is 2.74 bits per heavy atom. The molecule has 2 heterocycles. The maximum atomic E-state index is 12.6. The van der Waals surface area contributed by atoms with Crippen molar-refractivity contribution >= 4 is 23.4 Å². The second-order valence-electron chi connectivity index (χ2n) is 5.99. The molecule has 1 fully saturated rings. The summed E-state index contributed by atoms with van der Waals surface area (Å²) in [7, 11) is 0. The zero-order valence-electron chi connectivity index (χ0n) is 14.9. The lowest BCUT2D eigenvalue weighted by molar-refractivity contribution is -0.131. The first kappa shape index (κ1) is 18.5. The van der Waals surface area contributed by atoms with E-state index in [1.54, 1.807) is 30.3 Å². The molecule has 0 radical (unpaired) electrons. The second-order valence-corrected chi connectivity index (χ2v) is 5.99. The average molecular weight is 371 g/mol. The fraction of sp³-hybridized carbons (Fsp3) is 0.316. The topological polar surface area (TPSA) is 101 Å². The number of benzene rings is 1. The van der Waals surface area contributed by atoms with Crippen LogP contribution in [-0.4, -0.2) is 48.4 Å². The summed E-state index contributed by atoms with van der Waals surface area (Å²) in [5.41, 5.74) is 0.587. The van der Waals surface area contributed by atoms with E-state index in [1.807, 2.05) is 6.92 Å². The van der Waals surface area contributed by atoms with Crippen molar-refractivity contribution in [2.45, 2.75) is 19.4 Å². The molecule has 1 aliphatic rings. The smallest absolute Gasteiger partial charge is 0.290 e. The first-order chi connectivity index (χ1) is 13.1. The van der Waals surface area contributed by atoms with Gasteiger partial charge in [0.25, 0.3) is 5.91 Å². The summed E-state index contributed by atoms with van der Waals surface area (Å²) in [5.74, 6) is -0.283. The van der Waals surface area contributed by atoms with Gasteiger partial charge in [-0.2, -0.15) is 0 Å². The Labute approximate surface area is 156 Å². The van der Waals surface area contributed by atoms with Crippen LogP contribution in [0.1, 0.15) is 23.9 Å². The normalized spacial score (nSPS) is 16.6. The number of rotatable bonds is 6. The highest BCUT2D eigenvalue weighted by Crippen LogP contribution is 2.18. The van der Waals surface area contributed by atoms with Gasteiger partial charge in [0.05, 0.1) is 19.3 Å². The Hall–Kier alpha value is -3.29. The molecule has 0 spiro atoms. The average Bonchev–Trinajstić information content (AvgIpc) is 3.19. The van der Waals surface area contributed by atoms with E-state index in [9.17, 15) is 14.4 Å². The minimum Gasteiger partial charge on any atom is -0.494 e. The van der Waals surface area contributed by atoms with Crippen LogP contribution in [0, 0.1) is 0 Å². The number of anilines is 1. The summed E-state index contributed by atoms with van der Waals surface area (Å²) in [5, 5.41) is 5.43. The van der Waals surface area contributed by atoms with Gasteiger partial charge in [-0.3, -0.25) is 14.4 Å². The molecule has 0 unspecified atom stereocenters. The molecule has 8 nitrogen and oxygen atoms in total. The molecule has 1 saturated heterocycles. The first-order valence-electron chi connectivity index (χ1n) is 8.73. The third kappa shape index (κ3) is 4.46. The lowest BCUT2D eigenvalue weighted by Crippen LogP contribution is -2.58. The Kier molecular flexibility index (Phi) is 5.75. The zero-order chi connectivity index (χ0) is 19.2. The molecule has 27 heavy (non-hydrogen) atoms. The van der Waals surface area contributed by atoms with Gasteiger partial charge in [-0.1, -0.05) is 0 Å². The summed E-state index contributed by atoms with van der Waals surface area (Å²) in [6, 6.07) is 9.18. The Morgan fingerprint density at radius 2 is 2.07 bits per heavy atom. The third-order valence-corrected chi connectivity index (χ3v) is 4.15. The molecule has 1 aliphatic heterocycles. The summed E-state index contributed by atoms with van der Waals surface area (Å²) in [6.07, 6.45) is 1.25. The second kappa shape index (κ2) is 8.39. The molecule has 1 aromatic carbocycles. The molecule has 0 aliphatic carbocycles. The molecule has 2 aromatic rings. The van der Waals surface area contributed by atoms with Crippen LogP contribution in [0.3, 0.4) is 0 Å². The Morgan fingerprint density at radius 1 is 1.30 bits per heavy atom. The molecule has 0 bridgehead atoms. The van der Waals surface area contributed by atoms with Crippen molar-refractivity contribution in [2.75, 3.05) is 25.0 Å². The van der Waals surface area contributed by atoms with Gasteiger partial charge >= 0.3 is 0 Å². The molecule has 1 aromatic heterocycles. The summed E-state index contributed by atoms with van der Waals surface area (Å²) in [4.78, 5) is 38.6. The van der Waals surface area contributed by atoms with Crippen molar-refractivity contribution in [2.24, 2.45) is 0 Å². The molecule has 3 amide bonds. The molecule has 3 rings (SSSR count). The zero-order valence-corrected chi connectivity index (χ0v) is 14.9. The van der Waals surface area contributed by atoms with Crippen LogP contribution in [-0.2, 0) is 9.59 Å². The molecule has 2 N–H and O–H groups in total. The van der Waals surface area contributed by atoms with Crippen LogP contribution in [0.2, 0.25) is 0 Å². The van der Waals surface area contributed by atoms with E-state index < -0.39 is 11.9 Å². The highest BCUT2D eigenvalue weighted by atomic mass is 16.5. The van der Waals surface area contributed by atoms with E-state index in [1.165, 1.54) is 17.2 Å². The lowest BCUT2D eigenvalue weighted by atomic mass is 10.1. The van der Waals surface area contributed by atoms with Crippen LogP contribution in [0.4, 0.5) is 5.69 Å². The van der Waals surface area contributed by atoms with Gasteiger partial charge in [-0.15, -0.1) is 0 Å². The molecular formula is C19H21N3O5. The monoisotopic (exact) mass is 371 g/mol. The molecule has 142 valence electrons. The Bertz CT molecular complexity index is 801. The molecular weight excluding hydrogens is 350 g/mol. The number of ether oxygens (including phenoxy) is 1. The number of furan rings is 1. The van der Waals surface area contributed by atoms with Gasteiger partial charge in [0.2, 0.25) is 11.8 Å². The Balaban J connectivity index is 1.66. The minimum absolute atomic E-state index is 0.140. The summed E-state index contributed by atoms with van der Waals surface area (Å²) >= 11 is 0. The van der Waals surface area contributed by atoms with Crippen molar-refractivity contribution in [3.63, 3.8) is 0 Å². The third-order valence-electron chi connectivity index (χ3n) is 4.15. The largest absolute Gasteiger partial charge is 0.494 e. The quantitative estimate of drug-likeness (QED) is 0.804. The van der Waals surface area contributed by atoms with Crippen LogP contribution >= 0.6 is 0 Å². The number of piperazine rings is 1. The van der Waals surface area contributed by atoms with Gasteiger partial charge in [0.1, 0.15) is 11.8 Å². The number of hydrogen-bond donors (Lipinski definition) is 2. The van der Waals surface area contributed by atoms with Crippen LogP contribution in [0.5, 0.6) is 5.75 Å². The van der Waals surface area contributed by atoms with Crippen molar-refractivity contribution in [3.05, 3.63) is 48.4 Å². The lowest BCUT2D eigenvalue weighted by Gasteiger charge is -2.34. The van der Waals surface area contributed by atoms with E-state index >= 15 is 0 Å². The van der Waals surface area contributed by atoms with Gasteiger partial charge in [-0.05, 0) is 43.3 Å². The number of amides is 3. The van der Waals surface area contributed by atoms with Gasteiger partial charge < -0.3 is 24.7 Å². The van der Waals surface area contributed by atoms with Crippen molar-refractivity contribution in [1.82, 2.24) is 10.2 Å². The first-order valence-corrected chi connectivity index (χ1v) is 8.73. The molecule has 0 saturated carbocycles. The van der Waals surface area contributed by atoms with Crippen LogP contribution in [0.25, 0.3) is 0 Å². The van der Waals surface area contributed by atoms with E-state index in [0.29, 0.717) is 31.1 Å². The number of hydrogen-bond acceptors (Lipinski definition) is 5. The predicted molar refractivity (Wildman–Crippen MR) is 97.4 cm³/mol. The van der Waals surface area contributed by atoms with E-state index in [4.69, 9.17) is 9.15 Å². The molecule has 8 heteroatoms. The van der Waals surface area contributed by atoms with E-state index in [-0.39, 0.29) is 24.0 Å². The number of nitrogens with one attached hydrogen (secondary N) is 2. The van der Waals surface area contributed by atoms with Crippen molar-refractivity contribution < 1.29 is 23.5 Å². The van der Waals surface area contributed by atoms with Gasteiger partial charge in [0.15, 0.2) is 5.76 Å². The minimum atomic E-state index is -0.890. The standard InChI is InChI=1S/C19H21N3O5/c1-2-26-14-7-5-13(6-8-14)21-17(23)12-15-18(24)20-9-10-22(15)19(25)16-4-3-11-27-16/h3-8,11,15H,2,9-10,12H2,1H3,(H,20,24)(H,21,23)/t15-/m1/s1. The van der Waals surface area contributed by atoms with E-state index in [0.717, 1.165) is 0 Å². The number of nitrogens with zero attached hydrogens (tertiary/aromatic N) is 1. The van der Waals surface area contributed by atoms with Crippen LogP contribution in [0.15, 0.2) is 47.1 Å². The van der Waals surface area contributed by atoms with Crippen LogP contribution < -0.4 is 15.4 Å².